The van der Waals surface area contributed by atoms with Crippen molar-refractivity contribution >= 4 is 10.0 Å². The van der Waals surface area contributed by atoms with Crippen molar-refractivity contribution in [2.24, 2.45) is 0 Å². The van der Waals surface area contributed by atoms with Gasteiger partial charge in [0.2, 0.25) is 10.0 Å². The van der Waals surface area contributed by atoms with Crippen molar-refractivity contribution in [3.8, 4) is 0 Å². The van der Waals surface area contributed by atoms with Gasteiger partial charge in [0.25, 0.3) is 0 Å². The van der Waals surface area contributed by atoms with Crippen LogP contribution in [0.2, 0.25) is 0 Å². The van der Waals surface area contributed by atoms with Crippen molar-refractivity contribution in [1.29, 1.82) is 0 Å². The Hall–Kier alpha value is -0.390. The first-order valence-corrected chi connectivity index (χ1v) is 6.99. The second-order valence-corrected chi connectivity index (χ2v) is 5.80. The molecule has 2 atom stereocenters. The molecular formula is C10H19NO3S. The van der Waals surface area contributed by atoms with E-state index in [9.17, 15) is 13.5 Å². The molecule has 15 heavy (non-hydrogen) atoms. The second-order valence-electron chi connectivity index (χ2n) is 4.00. The lowest BCUT2D eigenvalue weighted by molar-refractivity contribution is 0.130. The second kappa shape index (κ2) is 5.63. The maximum Gasteiger partial charge on any atom is 0.215 e. The molecule has 0 heterocycles. The van der Waals surface area contributed by atoms with Crippen molar-refractivity contribution < 1.29 is 13.5 Å². The fourth-order valence-electron chi connectivity index (χ4n) is 1.86. The fraction of sp³-hybridized carbons (Fsp3) is 0.800. The summed E-state index contributed by atoms with van der Waals surface area (Å²) in [6, 6.07) is -0.322. The van der Waals surface area contributed by atoms with Crippen LogP contribution in [-0.2, 0) is 10.0 Å². The number of sulfonamides is 1. The summed E-state index contributed by atoms with van der Waals surface area (Å²) in [5.74, 6) is -0.0871. The average molecular weight is 233 g/mol. The summed E-state index contributed by atoms with van der Waals surface area (Å²) in [6.07, 6.45) is 5.22. The van der Waals surface area contributed by atoms with Crippen LogP contribution in [0, 0.1) is 0 Å². The van der Waals surface area contributed by atoms with Gasteiger partial charge in [0.15, 0.2) is 0 Å². The molecule has 0 bridgehead atoms. The maximum atomic E-state index is 11.5. The molecule has 0 saturated heterocycles. The number of nitrogens with one attached hydrogen (secondary N) is 1. The minimum absolute atomic E-state index is 0.0871. The predicted molar refractivity (Wildman–Crippen MR) is 60.0 cm³/mol. The summed E-state index contributed by atoms with van der Waals surface area (Å²) in [5, 5.41) is 9.73. The third-order valence-corrected chi connectivity index (χ3v) is 3.98. The van der Waals surface area contributed by atoms with Gasteiger partial charge in [0.05, 0.1) is 11.9 Å². The zero-order valence-electron chi connectivity index (χ0n) is 8.85. The van der Waals surface area contributed by atoms with E-state index in [1.165, 1.54) is 6.08 Å². The summed E-state index contributed by atoms with van der Waals surface area (Å²) >= 11 is 0. The molecule has 0 aromatic carbocycles. The molecule has 1 aliphatic carbocycles. The van der Waals surface area contributed by atoms with Gasteiger partial charge in [-0.25, -0.2) is 13.1 Å². The Morgan fingerprint density at radius 3 is 2.67 bits per heavy atom. The number of rotatable bonds is 4. The molecule has 4 nitrogen and oxygen atoms in total. The van der Waals surface area contributed by atoms with Crippen molar-refractivity contribution in [2.75, 3.05) is 5.75 Å². The van der Waals surface area contributed by atoms with Crippen LogP contribution in [0.3, 0.4) is 0 Å². The monoisotopic (exact) mass is 233 g/mol. The Kier molecular flexibility index (Phi) is 4.76. The van der Waals surface area contributed by atoms with Crippen LogP contribution >= 0.6 is 0 Å². The zero-order chi connectivity index (χ0) is 11.3. The van der Waals surface area contributed by atoms with E-state index >= 15 is 0 Å². The molecule has 2 unspecified atom stereocenters. The van der Waals surface area contributed by atoms with Crippen LogP contribution in [0.15, 0.2) is 12.7 Å². The predicted octanol–water partition coefficient (Wildman–Crippen LogP) is 0.785. The highest BCUT2D eigenvalue weighted by molar-refractivity contribution is 7.89. The standard InChI is InChI=1S/C10H19NO3S/c1-2-8-15(13,14)11-9-6-4-3-5-7-10(9)12/h2,9-12H,1,3-8H2. The highest BCUT2D eigenvalue weighted by Gasteiger charge is 2.25. The van der Waals surface area contributed by atoms with Crippen LogP contribution < -0.4 is 4.72 Å². The third kappa shape index (κ3) is 4.32. The molecule has 1 aliphatic rings. The van der Waals surface area contributed by atoms with E-state index in [4.69, 9.17) is 0 Å². The van der Waals surface area contributed by atoms with E-state index in [0.29, 0.717) is 6.42 Å². The molecule has 0 radical (unpaired) electrons. The molecule has 1 fully saturated rings. The summed E-state index contributed by atoms with van der Waals surface area (Å²) in [7, 11) is -3.31. The van der Waals surface area contributed by atoms with Crippen molar-refractivity contribution in [3.05, 3.63) is 12.7 Å². The molecule has 5 heteroatoms. The molecule has 2 N–H and O–H groups in total. The first kappa shape index (κ1) is 12.7. The summed E-state index contributed by atoms with van der Waals surface area (Å²) < 4.78 is 25.5. The molecule has 1 rings (SSSR count). The number of hydrogen-bond donors (Lipinski definition) is 2. The number of hydrogen-bond acceptors (Lipinski definition) is 3. The molecule has 0 spiro atoms. The lowest BCUT2D eigenvalue weighted by Crippen LogP contribution is -2.43. The van der Waals surface area contributed by atoms with Gasteiger partial charge in [-0.2, -0.15) is 0 Å². The molecule has 0 aromatic heterocycles. The molecule has 0 amide bonds. The van der Waals surface area contributed by atoms with Crippen molar-refractivity contribution in [3.63, 3.8) is 0 Å². The number of aliphatic hydroxyl groups is 1. The van der Waals surface area contributed by atoms with E-state index in [2.05, 4.69) is 11.3 Å². The molecule has 0 aromatic rings. The summed E-state index contributed by atoms with van der Waals surface area (Å²) in [5.41, 5.74) is 0. The van der Waals surface area contributed by atoms with Gasteiger partial charge in [-0.05, 0) is 12.8 Å². The van der Waals surface area contributed by atoms with Crippen LogP contribution in [-0.4, -0.2) is 31.4 Å². The lowest BCUT2D eigenvalue weighted by atomic mass is 10.1. The Balaban J connectivity index is 2.58. The van der Waals surface area contributed by atoms with Crippen molar-refractivity contribution in [2.45, 2.75) is 44.2 Å². The van der Waals surface area contributed by atoms with E-state index in [0.717, 1.165) is 25.7 Å². The fourth-order valence-corrected chi connectivity index (χ4v) is 3.00. The highest BCUT2D eigenvalue weighted by atomic mass is 32.2. The molecule has 1 saturated carbocycles. The van der Waals surface area contributed by atoms with Gasteiger partial charge >= 0.3 is 0 Å². The molecule has 0 aliphatic heterocycles. The molecule has 88 valence electrons. The quantitative estimate of drug-likeness (QED) is 0.557. The Bertz CT molecular complexity index is 300. The topological polar surface area (TPSA) is 66.4 Å². The Labute approximate surface area is 91.4 Å². The van der Waals surface area contributed by atoms with Crippen LogP contribution in [0.25, 0.3) is 0 Å². The normalized spacial score (nSPS) is 28.3. The smallest absolute Gasteiger partial charge is 0.215 e. The van der Waals surface area contributed by atoms with Crippen LogP contribution in [0.4, 0.5) is 0 Å². The summed E-state index contributed by atoms with van der Waals surface area (Å²) in [4.78, 5) is 0. The first-order chi connectivity index (χ1) is 7.05. The van der Waals surface area contributed by atoms with Gasteiger partial charge in [0, 0.05) is 6.04 Å². The van der Waals surface area contributed by atoms with Crippen LogP contribution in [0.1, 0.15) is 32.1 Å². The largest absolute Gasteiger partial charge is 0.391 e. The average Bonchev–Trinajstić information content (AvgIpc) is 2.31. The molecular weight excluding hydrogens is 214 g/mol. The van der Waals surface area contributed by atoms with E-state index < -0.39 is 16.1 Å². The van der Waals surface area contributed by atoms with E-state index in [1.807, 2.05) is 0 Å². The van der Waals surface area contributed by atoms with E-state index in [-0.39, 0.29) is 11.8 Å². The van der Waals surface area contributed by atoms with Gasteiger partial charge in [-0.1, -0.05) is 25.3 Å². The number of aliphatic hydroxyl groups excluding tert-OH is 1. The van der Waals surface area contributed by atoms with Gasteiger partial charge in [-0.3, -0.25) is 0 Å². The Morgan fingerprint density at radius 2 is 2.00 bits per heavy atom. The minimum Gasteiger partial charge on any atom is -0.391 e. The van der Waals surface area contributed by atoms with Gasteiger partial charge in [-0.15, -0.1) is 6.58 Å². The van der Waals surface area contributed by atoms with Gasteiger partial charge in [0.1, 0.15) is 0 Å². The van der Waals surface area contributed by atoms with Crippen LogP contribution in [0.5, 0.6) is 0 Å². The Morgan fingerprint density at radius 1 is 1.33 bits per heavy atom. The SMILES string of the molecule is C=CCS(=O)(=O)NC1CCCCCC1O. The van der Waals surface area contributed by atoms with Crippen molar-refractivity contribution in [1.82, 2.24) is 4.72 Å². The highest BCUT2D eigenvalue weighted by Crippen LogP contribution is 2.18. The zero-order valence-corrected chi connectivity index (χ0v) is 9.67. The first-order valence-electron chi connectivity index (χ1n) is 5.34. The van der Waals surface area contributed by atoms with E-state index in [1.54, 1.807) is 0 Å². The minimum atomic E-state index is -3.31. The summed E-state index contributed by atoms with van der Waals surface area (Å²) in [6.45, 7) is 3.39. The van der Waals surface area contributed by atoms with Gasteiger partial charge < -0.3 is 5.11 Å². The maximum absolute atomic E-state index is 11.5. The lowest BCUT2D eigenvalue weighted by Gasteiger charge is -2.21. The third-order valence-electron chi connectivity index (χ3n) is 2.65.